The van der Waals surface area contributed by atoms with Gasteiger partial charge in [0.25, 0.3) is 0 Å². The Morgan fingerprint density at radius 3 is 2.35 bits per heavy atom. The summed E-state index contributed by atoms with van der Waals surface area (Å²) in [5.41, 5.74) is 10.9. The van der Waals surface area contributed by atoms with Crippen molar-refractivity contribution in [2.45, 2.75) is 39.8 Å². The third kappa shape index (κ3) is 3.61. The van der Waals surface area contributed by atoms with Crippen molar-refractivity contribution in [2.75, 3.05) is 0 Å². The molecule has 2 N–H and O–H groups in total. The van der Waals surface area contributed by atoms with Gasteiger partial charge in [0.2, 0.25) is 0 Å². The Hall–Kier alpha value is -1.80. The highest BCUT2D eigenvalue weighted by Gasteiger charge is 2.10. The van der Waals surface area contributed by atoms with Gasteiger partial charge in [-0.1, -0.05) is 54.4 Å². The van der Waals surface area contributed by atoms with Crippen LogP contribution < -0.4 is 10.5 Å². The summed E-state index contributed by atoms with van der Waals surface area (Å²) in [5.74, 6) is 0.890. The first-order chi connectivity index (χ1) is 9.60. The third-order valence-corrected chi connectivity index (χ3v) is 3.43. The molecule has 2 aromatic carbocycles. The number of hydrogen-bond donors (Lipinski definition) is 1. The minimum atomic E-state index is 0.0328. The van der Waals surface area contributed by atoms with Crippen LogP contribution in [0.25, 0.3) is 0 Å². The highest BCUT2D eigenvalue weighted by Crippen LogP contribution is 2.26. The third-order valence-electron chi connectivity index (χ3n) is 3.43. The van der Waals surface area contributed by atoms with Crippen LogP contribution >= 0.6 is 0 Å². The van der Waals surface area contributed by atoms with Crippen LogP contribution in [0.15, 0.2) is 42.5 Å². The Bertz CT molecular complexity index is 557. The maximum Gasteiger partial charge on any atom is 0.124 e. The second-order valence-electron chi connectivity index (χ2n) is 5.34. The monoisotopic (exact) mass is 269 g/mol. The van der Waals surface area contributed by atoms with Gasteiger partial charge in [0.15, 0.2) is 0 Å². The molecule has 2 rings (SSSR count). The van der Waals surface area contributed by atoms with Crippen molar-refractivity contribution < 1.29 is 4.74 Å². The fraction of sp³-hybridized carbons (Fsp3) is 0.333. The number of aryl methyl sites for hydroxylation is 2. The summed E-state index contributed by atoms with van der Waals surface area (Å²) in [6, 6.07) is 14.6. The number of hydrogen-bond acceptors (Lipinski definition) is 2. The minimum Gasteiger partial charge on any atom is -0.489 e. The smallest absolute Gasteiger partial charge is 0.124 e. The molecule has 0 saturated carbocycles. The molecule has 0 aliphatic rings. The molecule has 20 heavy (non-hydrogen) atoms. The lowest BCUT2D eigenvalue weighted by atomic mass is 10.0. The highest BCUT2D eigenvalue weighted by molar-refractivity contribution is 5.36. The standard InChI is InChI=1S/C18H23NO/c1-4-17(19)16-7-5-6-8-18(16)20-12-15-10-13(2)9-14(3)11-15/h5-11,17H,4,12,19H2,1-3H3/t17-/m0/s1. The number of ether oxygens (including phenoxy) is 1. The number of rotatable bonds is 5. The van der Waals surface area contributed by atoms with Crippen molar-refractivity contribution in [3.05, 3.63) is 64.7 Å². The topological polar surface area (TPSA) is 35.2 Å². The minimum absolute atomic E-state index is 0.0328. The zero-order valence-corrected chi connectivity index (χ0v) is 12.5. The van der Waals surface area contributed by atoms with Crippen molar-refractivity contribution in [3.8, 4) is 5.75 Å². The summed E-state index contributed by atoms with van der Waals surface area (Å²) >= 11 is 0. The van der Waals surface area contributed by atoms with Gasteiger partial charge < -0.3 is 10.5 Å². The SMILES string of the molecule is CC[C@H](N)c1ccccc1OCc1cc(C)cc(C)c1. The van der Waals surface area contributed by atoms with Crippen LogP contribution in [0.1, 0.15) is 41.6 Å². The maximum atomic E-state index is 6.13. The molecule has 0 aliphatic carbocycles. The normalized spacial score (nSPS) is 12.2. The van der Waals surface area contributed by atoms with Gasteiger partial charge in [-0.2, -0.15) is 0 Å². The molecule has 2 nitrogen and oxygen atoms in total. The molecule has 0 heterocycles. The number of para-hydroxylation sites is 1. The van der Waals surface area contributed by atoms with E-state index in [1.54, 1.807) is 0 Å². The molecule has 0 radical (unpaired) electrons. The van der Waals surface area contributed by atoms with Gasteiger partial charge in [-0.05, 0) is 31.9 Å². The Kier molecular flexibility index (Phi) is 4.80. The average molecular weight is 269 g/mol. The van der Waals surface area contributed by atoms with Crippen molar-refractivity contribution in [1.29, 1.82) is 0 Å². The van der Waals surface area contributed by atoms with Gasteiger partial charge in [0, 0.05) is 11.6 Å². The first-order valence-electron chi connectivity index (χ1n) is 7.14. The first kappa shape index (κ1) is 14.6. The molecule has 1 atom stereocenters. The second kappa shape index (κ2) is 6.58. The molecule has 0 spiro atoms. The quantitative estimate of drug-likeness (QED) is 0.878. The van der Waals surface area contributed by atoms with Gasteiger partial charge >= 0.3 is 0 Å². The average Bonchev–Trinajstić information content (AvgIpc) is 2.43. The first-order valence-corrected chi connectivity index (χ1v) is 7.14. The van der Waals surface area contributed by atoms with E-state index in [1.807, 2.05) is 24.3 Å². The van der Waals surface area contributed by atoms with Crippen LogP contribution in [0.2, 0.25) is 0 Å². The van der Waals surface area contributed by atoms with E-state index in [0.29, 0.717) is 6.61 Å². The van der Waals surface area contributed by atoms with Crippen LogP contribution in [0.4, 0.5) is 0 Å². The number of benzene rings is 2. The summed E-state index contributed by atoms with van der Waals surface area (Å²) in [6.45, 7) is 6.89. The van der Waals surface area contributed by atoms with Crippen LogP contribution in [0.3, 0.4) is 0 Å². The van der Waals surface area contributed by atoms with E-state index >= 15 is 0 Å². The van der Waals surface area contributed by atoms with Crippen molar-refractivity contribution in [2.24, 2.45) is 5.73 Å². The van der Waals surface area contributed by atoms with Crippen LogP contribution in [-0.2, 0) is 6.61 Å². The van der Waals surface area contributed by atoms with E-state index in [4.69, 9.17) is 10.5 Å². The highest BCUT2D eigenvalue weighted by atomic mass is 16.5. The lowest BCUT2D eigenvalue weighted by molar-refractivity contribution is 0.300. The van der Waals surface area contributed by atoms with Crippen molar-refractivity contribution in [1.82, 2.24) is 0 Å². The molecule has 0 unspecified atom stereocenters. The molecule has 0 saturated heterocycles. The van der Waals surface area contributed by atoms with E-state index < -0.39 is 0 Å². The molecule has 0 amide bonds. The largest absolute Gasteiger partial charge is 0.489 e. The van der Waals surface area contributed by atoms with E-state index in [0.717, 1.165) is 17.7 Å². The number of nitrogens with two attached hydrogens (primary N) is 1. The predicted octanol–water partition coefficient (Wildman–Crippen LogP) is 4.29. The van der Waals surface area contributed by atoms with E-state index in [-0.39, 0.29) is 6.04 Å². The maximum absolute atomic E-state index is 6.13. The molecule has 0 aliphatic heterocycles. The lowest BCUT2D eigenvalue weighted by Gasteiger charge is -2.16. The van der Waals surface area contributed by atoms with Gasteiger partial charge in [0.1, 0.15) is 12.4 Å². The molecular formula is C18H23NO. The van der Waals surface area contributed by atoms with E-state index in [1.165, 1.54) is 16.7 Å². The molecular weight excluding hydrogens is 246 g/mol. The van der Waals surface area contributed by atoms with Crippen molar-refractivity contribution >= 4 is 0 Å². The fourth-order valence-electron chi connectivity index (χ4n) is 2.45. The summed E-state index contributed by atoms with van der Waals surface area (Å²) in [6.07, 6.45) is 0.907. The van der Waals surface area contributed by atoms with Crippen molar-refractivity contribution in [3.63, 3.8) is 0 Å². The zero-order chi connectivity index (χ0) is 14.5. The second-order valence-corrected chi connectivity index (χ2v) is 5.34. The molecule has 106 valence electrons. The van der Waals surface area contributed by atoms with Gasteiger partial charge in [0.05, 0.1) is 0 Å². The summed E-state index contributed by atoms with van der Waals surface area (Å²) in [5, 5.41) is 0. The Morgan fingerprint density at radius 2 is 1.70 bits per heavy atom. The van der Waals surface area contributed by atoms with Gasteiger partial charge in [-0.3, -0.25) is 0 Å². The summed E-state index contributed by atoms with van der Waals surface area (Å²) < 4.78 is 5.98. The van der Waals surface area contributed by atoms with Crippen LogP contribution in [0.5, 0.6) is 5.75 Å². The fourth-order valence-corrected chi connectivity index (χ4v) is 2.45. The Balaban J connectivity index is 2.14. The molecule has 0 fully saturated rings. The van der Waals surface area contributed by atoms with Gasteiger partial charge in [-0.25, -0.2) is 0 Å². The molecule has 2 heteroatoms. The Labute approximate surface area is 121 Å². The Morgan fingerprint density at radius 1 is 1.05 bits per heavy atom. The summed E-state index contributed by atoms with van der Waals surface area (Å²) in [4.78, 5) is 0. The lowest BCUT2D eigenvalue weighted by Crippen LogP contribution is -2.10. The van der Waals surface area contributed by atoms with Crippen LogP contribution in [-0.4, -0.2) is 0 Å². The van der Waals surface area contributed by atoms with E-state index in [2.05, 4.69) is 39.0 Å². The molecule has 2 aromatic rings. The van der Waals surface area contributed by atoms with E-state index in [9.17, 15) is 0 Å². The molecule has 0 aromatic heterocycles. The molecule has 0 bridgehead atoms. The van der Waals surface area contributed by atoms with Crippen LogP contribution in [0, 0.1) is 13.8 Å². The zero-order valence-electron chi connectivity index (χ0n) is 12.5. The summed E-state index contributed by atoms with van der Waals surface area (Å²) in [7, 11) is 0. The predicted molar refractivity (Wildman–Crippen MR) is 83.9 cm³/mol. The van der Waals surface area contributed by atoms with Gasteiger partial charge in [-0.15, -0.1) is 0 Å².